The molecule has 3 nitrogen and oxygen atoms in total. The van der Waals surface area contributed by atoms with Crippen LogP contribution in [0.2, 0.25) is 0 Å². The van der Waals surface area contributed by atoms with Crippen molar-refractivity contribution in [3.8, 4) is 0 Å². The first-order valence-electron chi connectivity index (χ1n) is 6.61. The first-order chi connectivity index (χ1) is 9.91. The topological polar surface area (TPSA) is 37.8 Å². The molecule has 2 aromatic rings. The van der Waals surface area contributed by atoms with E-state index in [1.54, 1.807) is 0 Å². The summed E-state index contributed by atoms with van der Waals surface area (Å²) < 4.78 is 38.1. The number of aryl methyl sites for hydroxylation is 1. The fraction of sp³-hybridized carbons (Fsp3) is 0.429. The maximum Gasteiger partial charge on any atom is 0.443 e. The molecule has 0 saturated carbocycles. The lowest BCUT2D eigenvalue weighted by molar-refractivity contribution is -0.137. The summed E-state index contributed by atoms with van der Waals surface area (Å²) in [6, 6.07) is 5.16. The fourth-order valence-corrected chi connectivity index (χ4v) is 2.79. The van der Waals surface area contributed by atoms with Crippen molar-refractivity contribution >= 4 is 11.3 Å². The van der Waals surface area contributed by atoms with Crippen LogP contribution >= 0.6 is 11.3 Å². The largest absolute Gasteiger partial charge is 0.443 e. The Balaban J connectivity index is 2.34. The summed E-state index contributed by atoms with van der Waals surface area (Å²) in [6.07, 6.45) is -2.24. The van der Waals surface area contributed by atoms with Crippen LogP contribution in [0.15, 0.2) is 24.4 Å². The van der Waals surface area contributed by atoms with Crippen molar-refractivity contribution in [1.82, 2.24) is 15.3 Å². The van der Waals surface area contributed by atoms with E-state index >= 15 is 0 Å². The van der Waals surface area contributed by atoms with Gasteiger partial charge < -0.3 is 5.32 Å². The molecule has 0 aromatic carbocycles. The number of pyridine rings is 1. The summed E-state index contributed by atoms with van der Waals surface area (Å²) in [7, 11) is 0. The Morgan fingerprint density at radius 1 is 1.33 bits per heavy atom. The molecule has 1 unspecified atom stereocenters. The summed E-state index contributed by atoms with van der Waals surface area (Å²) in [5, 5.41) is 2.41. The second-order valence-corrected chi connectivity index (χ2v) is 5.72. The van der Waals surface area contributed by atoms with Gasteiger partial charge >= 0.3 is 6.18 Å². The predicted octanol–water partition coefficient (Wildman–Crippen LogP) is 3.95. The smallest absolute Gasteiger partial charge is 0.304 e. The molecule has 0 aliphatic rings. The maximum atomic E-state index is 12.7. The number of hydrogen-bond donors (Lipinski definition) is 1. The van der Waals surface area contributed by atoms with E-state index in [0.29, 0.717) is 28.5 Å². The number of alkyl halides is 3. The van der Waals surface area contributed by atoms with Gasteiger partial charge in [0, 0.05) is 16.8 Å². The van der Waals surface area contributed by atoms with E-state index in [9.17, 15) is 13.2 Å². The summed E-state index contributed by atoms with van der Waals surface area (Å²) >= 11 is 0.660. The third-order valence-electron chi connectivity index (χ3n) is 2.85. The second-order valence-electron chi connectivity index (χ2n) is 4.66. The number of aromatic nitrogens is 2. The van der Waals surface area contributed by atoms with Gasteiger partial charge in [0.2, 0.25) is 0 Å². The molecule has 0 aliphatic carbocycles. The molecule has 114 valence electrons. The number of rotatable bonds is 5. The van der Waals surface area contributed by atoms with Crippen LogP contribution in [0.5, 0.6) is 0 Å². The zero-order chi connectivity index (χ0) is 15.5. The minimum atomic E-state index is -4.40. The van der Waals surface area contributed by atoms with Gasteiger partial charge in [0.15, 0.2) is 5.01 Å². The van der Waals surface area contributed by atoms with E-state index in [4.69, 9.17) is 0 Å². The van der Waals surface area contributed by atoms with Gasteiger partial charge in [0.25, 0.3) is 0 Å². The highest BCUT2D eigenvalue weighted by Gasteiger charge is 2.35. The van der Waals surface area contributed by atoms with Gasteiger partial charge in [-0.3, -0.25) is 4.98 Å². The van der Waals surface area contributed by atoms with Crippen LogP contribution in [0.1, 0.15) is 40.7 Å². The molecule has 0 fully saturated rings. The van der Waals surface area contributed by atoms with Crippen LogP contribution in [0.3, 0.4) is 0 Å². The minimum absolute atomic E-state index is 0.363. The van der Waals surface area contributed by atoms with Gasteiger partial charge in [-0.15, -0.1) is 11.3 Å². The lowest BCUT2D eigenvalue weighted by atomic mass is 10.1. The van der Waals surface area contributed by atoms with E-state index in [1.165, 1.54) is 6.20 Å². The molecule has 21 heavy (non-hydrogen) atoms. The molecule has 2 rings (SSSR count). The lowest BCUT2D eigenvalue weighted by Crippen LogP contribution is -2.23. The van der Waals surface area contributed by atoms with E-state index < -0.39 is 11.2 Å². The molecular weight excluding hydrogens is 299 g/mol. The SMILES string of the molecule is CCCNC(c1cccc(C)n1)c1cnc(C(F)(F)F)s1. The quantitative estimate of drug-likeness (QED) is 0.907. The highest BCUT2D eigenvalue weighted by molar-refractivity contribution is 7.11. The predicted molar refractivity (Wildman–Crippen MR) is 76.2 cm³/mol. The molecular formula is C14H16F3N3S. The van der Waals surface area contributed by atoms with Gasteiger partial charge in [0.05, 0.1) is 11.7 Å². The normalized spacial score (nSPS) is 13.4. The molecule has 1 atom stereocenters. The highest BCUT2D eigenvalue weighted by atomic mass is 32.1. The molecule has 2 heterocycles. The van der Waals surface area contributed by atoms with Crippen molar-refractivity contribution in [3.05, 3.63) is 45.7 Å². The molecule has 1 N–H and O–H groups in total. The molecule has 2 aromatic heterocycles. The van der Waals surface area contributed by atoms with Crippen LogP contribution in [0, 0.1) is 6.92 Å². The van der Waals surface area contributed by atoms with Crippen LogP contribution in [0.4, 0.5) is 13.2 Å². The molecule has 0 amide bonds. The highest BCUT2D eigenvalue weighted by Crippen LogP contribution is 2.35. The Labute approximate surface area is 125 Å². The summed E-state index contributed by atoms with van der Waals surface area (Å²) in [5.41, 5.74) is 1.54. The van der Waals surface area contributed by atoms with Crippen molar-refractivity contribution in [1.29, 1.82) is 0 Å². The first kappa shape index (κ1) is 15.9. The molecule has 0 spiro atoms. The Morgan fingerprint density at radius 2 is 2.10 bits per heavy atom. The summed E-state index contributed by atoms with van der Waals surface area (Å²) in [4.78, 5) is 8.42. The minimum Gasteiger partial charge on any atom is -0.304 e. The van der Waals surface area contributed by atoms with Gasteiger partial charge in [-0.2, -0.15) is 13.2 Å². The zero-order valence-corrected chi connectivity index (χ0v) is 12.6. The number of hydrogen-bond acceptors (Lipinski definition) is 4. The van der Waals surface area contributed by atoms with Crippen molar-refractivity contribution in [2.75, 3.05) is 6.54 Å². The lowest BCUT2D eigenvalue weighted by Gasteiger charge is -2.16. The standard InChI is InChI=1S/C14H16F3N3S/c1-3-7-18-12(10-6-4-5-9(2)20-10)11-8-19-13(21-11)14(15,16)17/h4-6,8,12,18H,3,7H2,1-2H3. The van der Waals surface area contributed by atoms with Crippen molar-refractivity contribution < 1.29 is 13.2 Å². The Bertz CT molecular complexity index is 595. The zero-order valence-electron chi connectivity index (χ0n) is 11.7. The van der Waals surface area contributed by atoms with Gasteiger partial charge in [0.1, 0.15) is 0 Å². The Morgan fingerprint density at radius 3 is 2.67 bits per heavy atom. The molecule has 0 radical (unpaired) electrons. The van der Waals surface area contributed by atoms with Crippen LogP contribution in [-0.2, 0) is 6.18 Å². The van der Waals surface area contributed by atoms with E-state index in [1.807, 2.05) is 32.0 Å². The first-order valence-corrected chi connectivity index (χ1v) is 7.43. The fourth-order valence-electron chi connectivity index (χ4n) is 1.92. The van der Waals surface area contributed by atoms with Gasteiger partial charge in [-0.1, -0.05) is 13.0 Å². The number of halogens is 3. The summed E-state index contributed by atoms with van der Waals surface area (Å²) in [6.45, 7) is 4.55. The van der Waals surface area contributed by atoms with E-state index in [2.05, 4.69) is 15.3 Å². The Kier molecular flexibility index (Phi) is 4.95. The van der Waals surface area contributed by atoms with Crippen molar-refractivity contribution in [3.63, 3.8) is 0 Å². The molecule has 0 aliphatic heterocycles. The monoisotopic (exact) mass is 315 g/mol. The van der Waals surface area contributed by atoms with E-state index in [-0.39, 0.29) is 6.04 Å². The average molecular weight is 315 g/mol. The van der Waals surface area contributed by atoms with Crippen LogP contribution < -0.4 is 5.32 Å². The second kappa shape index (κ2) is 6.53. The number of nitrogens with zero attached hydrogens (tertiary/aromatic N) is 2. The number of thiazole rings is 1. The third-order valence-corrected chi connectivity index (χ3v) is 3.96. The van der Waals surface area contributed by atoms with Crippen LogP contribution in [0.25, 0.3) is 0 Å². The van der Waals surface area contributed by atoms with E-state index in [0.717, 1.165) is 12.1 Å². The van der Waals surface area contributed by atoms with Gasteiger partial charge in [-0.25, -0.2) is 4.98 Å². The van der Waals surface area contributed by atoms with Crippen LogP contribution in [-0.4, -0.2) is 16.5 Å². The Hall–Kier alpha value is -1.47. The summed E-state index contributed by atoms with van der Waals surface area (Å²) in [5.74, 6) is 0. The van der Waals surface area contributed by atoms with Crippen molar-refractivity contribution in [2.24, 2.45) is 0 Å². The van der Waals surface area contributed by atoms with Gasteiger partial charge in [-0.05, 0) is 32.0 Å². The molecule has 0 bridgehead atoms. The third kappa shape index (κ3) is 4.01. The molecule has 7 heteroatoms. The number of nitrogens with one attached hydrogen (secondary N) is 1. The van der Waals surface area contributed by atoms with Crippen molar-refractivity contribution in [2.45, 2.75) is 32.5 Å². The molecule has 0 saturated heterocycles. The maximum absolute atomic E-state index is 12.7. The average Bonchev–Trinajstić information content (AvgIpc) is 2.89.